The summed E-state index contributed by atoms with van der Waals surface area (Å²) in [5.74, 6) is -0.675. The molecule has 1 N–H and O–H groups in total. The fourth-order valence-electron chi connectivity index (χ4n) is 2.87. The molecule has 1 saturated heterocycles. The number of nitrogens with one attached hydrogen (secondary N) is 1. The van der Waals surface area contributed by atoms with Crippen LogP contribution in [0.5, 0.6) is 0 Å². The lowest BCUT2D eigenvalue weighted by atomic mass is 10.2. The molecule has 0 spiro atoms. The number of rotatable bonds is 5. The average Bonchev–Trinajstić information content (AvgIpc) is 3.09. The van der Waals surface area contributed by atoms with Crippen molar-refractivity contribution in [2.45, 2.75) is 19.4 Å². The highest BCUT2D eigenvalue weighted by Crippen LogP contribution is 2.30. The van der Waals surface area contributed by atoms with Crippen LogP contribution >= 0.6 is 22.9 Å². The highest BCUT2D eigenvalue weighted by molar-refractivity contribution is 7.91. The van der Waals surface area contributed by atoms with E-state index in [1.165, 1.54) is 16.2 Å². The molecule has 2 amide bonds. The van der Waals surface area contributed by atoms with E-state index in [0.717, 1.165) is 10.6 Å². The van der Waals surface area contributed by atoms with Gasteiger partial charge < -0.3 is 10.2 Å². The van der Waals surface area contributed by atoms with Gasteiger partial charge in [-0.05, 0) is 13.0 Å². The molecule has 1 atom stereocenters. The third kappa shape index (κ3) is 5.09. The van der Waals surface area contributed by atoms with E-state index in [2.05, 4.69) is 10.3 Å². The maximum Gasteiger partial charge on any atom is 0.244 e. The Labute approximate surface area is 172 Å². The minimum atomic E-state index is -3.06. The van der Waals surface area contributed by atoms with E-state index in [9.17, 15) is 18.0 Å². The van der Waals surface area contributed by atoms with Crippen molar-refractivity contribution in [2.75, 3.05) is 24.6 Å². The molecule has 1 unspecified atom stereocenters. The van der Waals surface area contributed by atoms with E-state index >= 15 is 0 Å². The number of sulfone groups is 1. The van der Waals surface area contributed by atoms with Crippen molar-refractivity contribution in [2.24, 2.45) is 0 Å². The van der Waals surface area contributed by atoms with Gasteiger partial charge in [0.2, 0.25) is 11.8 Å². The molecule has 2 aromatic rings. The average molecular weight is 442 g/mol. The molecule has 1 aliphatic rings. The first kappa shape index (κ1) is 20.8. The van der Waals surface area contributed by atoms with Gasteiger partial charge in [-0.3, -0.25) is 9.59 Å². The molecule has 1 aromatic heterocycles. The van der Waals surface area contributed by atoms with Crippen LogP contribution in [-0.4, -0.2) is 60.8 Å². The first-order chi connectivity index (χ1) is 13.2. The fraction of sp³-hybridized carbons (Fsp3) is 0.389. The molecule has 3 rings (SSSR count). The maximum absolute atomic E-state index is 12.4. The molecule has 150 valence electrons. The molecule has 0 radical (unpaired) electrons. The maximum atomic E-state index is 12.4. The third-order valence-corrected chi connectivity index (χ3v) is 7.26. The smallest absolute Gasteiger partial charge is 0.244 e. The highest BCUT2D eigenvalue weighted by atomic mass is 35.5. The molecule has 2 heterocycles. The number of nitrogens with zero attached hydrogens (tertiary/aromatic N) is 2. The number of halogens is 1. The second-order valence-electron chi connectivity index (χ2n) is 6.57. The molecule has 1 aliphatic heterocycles. The zero-order valence-corrected chi connectivity index (χ0v) is 17.6. The lowest BCUT2D eigenvalue weighted by Crippen LogP contribution is -2.51. The van der Waals surface area contributed by atoms with Gasteiger partial charge in [-0.1, -0.05) is 29.8 Å². The van der Waals surface area contributed by atoms with Gasteiger partial charge in [0, 0.05) is 24.0 Å². The number of hydrogen-bond donors (Lipinski definition) is 1. The SMILES string of the molecule is CC(NC(=O)Cc1csc(-c2ccccc2Cl)n1)C(=O)N1CCS(=O)(=O)CC1. The van der Waals surface area contributed by atoms with E-state index in [1.54, 1.807) is 18.4 Å². The molecule has 1 aromatic carbocycles. The molecular formula is C18H20ClN3O4S2. The molecular weight excluding hydrogens is 422 g/mol. The Morgan fingerprint density at radius 2 is 1.96 bits per heavy atom. The van der Waals surface area contributed by atoms with Gasteiger partial charge in [-0.25, -0.2) is 13.4 Å². The predicted molar refractivity (Wildman–Crippen MR) is 109 cm³/mol. The van der Waals surface area contributed by atoms with Gasteiger partial charge in [-0.2, -0.15) is 0 Å². The van der Waals surface area contributed by atoms with Crippen molar-refractivity contribution >= 4 is 44.6 Å². The van der Waals surface area contributed by atoms with Crippen LogP contribution in [0.2, 0.25) is 5.02 Å². The Hall–Kier alpha value is -1.97. The Bertz CT molecular complexity index is 976. The predicted octanol–water partition coefficient (Wildman–Crippen LogP) is 1.77. The molecule has 0 bridgehead atoms. The summed E-state index contributed by atoms with van der Waals surface area (Å²) < 4.78 is 22.9. The van der Waals surface area contributed by atoms with Crippen molar-refractivity contribution in [3.8, 4) is 10.6 Å². The largest absolute Gasteiger partial charge is 0.344 e. The van der Waals surface area contributed by atoms with Crippen molar-refractivity contribution < 1.29 is 18.0 Å². The second-order valence-corrected chi connectivity index (χ2v) is 10.1. The van der Waals surface area contributed by atoms with Crippen molar-refractivity contribution in [1.82, 2.24) is 15.2 Å². The number of carbonyl (C=O) groups is 2. The van der Waals surface area contributed by atoms with E-state index in [0.29, 0.717) is 10.7 Å². The number of thiazole rings is 1. The minimum absolute atomic E-state index is 0.0386. The molecule has 0 saturated carbocycles. The third-order valence-electron chi connectivity index (χ3n) is 4.40. The monoisotopic (exact) mass is 441 g/mol. The van der Waals surface area contributed by atoms with Gasteiger partial charge in [0.1, 0.15) is 11.0 Å². The molecule has 7 nitrogen and oxygen atoms in total. The summed E-state index contributed by atoms with van der Waals surface area (Å²) in [7, 11) is -3.06. The van der Waals surface area contributed by atoms with Gasteiger partial charge in [-0.15, -0.1) is 11.3 Å². The highest BCUT2D eigenvalue weighted by Gasteiger charge is 2.28. The Morgan fingerprint density at radius 1 is 1.29 bits per heavy atom. The van der Waals surface area contributed by atoms with Gasteiger partial charge in [0.05, 0.1) is 28.6 Å². The Balaban J connectivity index is 1.55. The summed E-state index contributed by atoms with van der Waals surface area (Å²) in [6.07, 6.45) is 0.0486. The number of hydrogen-bond acceptors (Lipinski definition) is 6. The molecule has 28 heavy (non-hydrogen) atoms. The zero-order chi connectivity index (χ0) is 20.3. The second kappa shape index (κ2) is 8.59. The number of amides is 2. The van der Waals surface area contributed by atoms with Crippen LogP contribution < -0.4 is 5.32 Å². The molecule has 10 heteroatoms. The van der Waals surface area contributed by atoms with Crippen LogP contribution in [0.1, 0.15) is 12.6 Å². The Morgan fingerprint density at radius 3 is 2.64 bits per heavy atom. The lowest BCUT2D eigenvalue weighted by Gasteiger charge is -2.29. The van der Waals surface area contributed by atoms with Gasteiger partial charge in [0.15, 0.2) is 9.84 Å². The summed E-state index contributed by atoms with van der Waals surface area (Å²) >= 11 is 7.58. The van der Waals surface area contributed by atoms with E-state index in [4.69, 9.17) is 11.6 Å². The van der Waals surface area contributed by atoms with Crippen molar-refractivity contribution in [3.63, 3.8) is 0 Å². The van der Waals surface area contributed by atoms with Crippen LogP contribution in [0, 0.1) is 0 Å². The van der Waals surface area contributed by atoms with E-state index in [-0.39, 0.29) is 42.8 Å². The summed E-state index contributed by atoms with van der Waals surface area (Å²) in [4.78, 5) is 30.6. The lowest BCUT2D eigenvalue weighted by molar-refractivity contribution is -0.135. The topological polar surface area (TPSA) is 96.4 Å². The zero-order valence-electron chi connectivity index (χ0n) is 15.2. The van der Waals surface area contributed by atoms with Crippen LogP contribution in [0.4, 0.5) is 0 Å². The van der Waals surface area contributed by atoms with Crippen LogP contribution in [0.15, 0.2) is 29.6 Å². The van der Waals surface area contributed by atoms with Crippen LogP contribution in [0.3, 0.4) is 0 Å². The fourth-order valence-corrected chi connectivity index (χ4v) is 5.21. The minimum Gasteiger partial charge on any atom is -0.344 e. The first-order valence-electron chi connectivity index (χ1n) is 8.73. The first-order valence-corrected chi connectivity index (χ1v) is 11.8. The standard InChI is InChI=1S/C18H20ClN3O4S2/c1-12(18(24)22-6-8-28(25,26)9-7-22)20-16(23)10-13-11-27-17(21-13)14-4-2-3-5-15(14)19/h2-5,11-12H,6-10H2,1H3,(H,20,23). The quantitative estimate of drug-likeness (QED) is 0.762. The van der Waals surface area contributed by atoms with Gasteiger partial charge >= 0.3 is 0 Å². The summed E-state index contributed by atoms with van der Waals surface area (Å²) in [5, 5.41) is 5.78. The summed E-state index contributed by atoms with van der Waals surface area (Å²) in [6.45, 7) is 1.92. The summed E-state index contributed by atoms with van der Waals surface area (Å²) in [5.41, 5.74) is 1.41. The van der Waals surface area contributed by atoms with E-state index in [1.807, 2.05) is 18.2 Å². The van der Waals surface area contributed by atoms with E-state index < -0.39 is 15.9 Å². The van der Waals surface area contributed by atoms with Gasteiger partial charge in [0.25, 0.3) is 0 Å². The number of aromatic nitrogens is 1. The normalized spacial score (nSPS) is 17.1. The molecule has 0 aliphatic carbocycles. The number of carbonyl (C=O) groups excluding carboxylic acids is 2. The van der Waals surface area contributed by atoms with Crippen molar-refractivity contribution in [1.29, 1.82) is 0 Å². The summed E-state index contributed by atoms with van der Waals surface area (Å²) in [6, 6.07) is 6.63. The van der Waals surface area contributed by atoms with Crippen molar-refractivity contribution in [3.05, 3.63) is 40.4 Å². The Kier molecular flexibility index (Phi) is 6.36. The molecule has 1 fully saturated rings. The van der Waals surface area contributed by atoms with Crippen LogP contribution in [0.25, 0.3) is 10.6 Å². The van der Waals surface area contributed by atoms with Crippen LogP contribution in [-0.2, 0) is 25.8 Å². The number of benzene rings is 1.